The number of nitrogens with zero attached hydrogens (tertiary/aromatic N) is 1. The first-order valence-electron chi connectivity index (χ1n) is 11.0. The molecule has 0 saturated heterocycles. The van der Waals surface area contributed by atoms with Crippen molar-refractivity contribution in [1.29, 1.82) is 0 Å². The molecule has 2 heterocycles. The summed E-state index contributed by atoms with van der Waals surface area (Å²) >= 11 is 0. The van der Waals surface area contributed by atoms with Gasteiger partial charge in [-0.25, -0.2) is 0 Å². The van der Waals surface area contributed by atoms with Gasteiger partial charge in [-0.15, -0.1) is 0 Å². The van der Waals surface area contributed by atoms with E-state index in [0.29, 0.717) is 13.0 Å². The molecule has 1 amide bonds. The Morgan fingerprint density at radius 1 is 1.03 bits per heavy atom. The maximum atomic E-state index is 12.8. The van der Waals surface area contributed by atoms with Crippen LogP contribution in [0, 0.1) is 0 Å². The number of aromatic amines is 1. The lowest BCUT2D eigenvalue weighted by atomic mass is 9.88. The van der Waals surface area contributed by atoms with Gasteiger partial charge in [0.25, 0.3) is 0 Å². The number of aryl methyl sites for hydroxylation is 1. The SMILES string of the molecule is CCc1cccc2c(C(CC(=O)NCCc3ccccn3)Cc3ccccc3)c[nH]c12. The molecule has 0 aliphatic rings. The number of fused-ring (bicyclic) bond motifs is 1. The van der Waals surface area contributed by atoms with Crippen molar-refractivity contribution in [2.24, 2.45) is 0 Å². The number of H-pyrrole nitrogens is 1. The molecule has 0 radical (unpaired) electrons. The Bertz CT molecular complexity index is 1120. The van der Waals surface area contributed by atoms with E-state index >= 15 is 0 Å². The Kier molecular flexibility index (Phi) is 6.78. The Morgan fingerprint density at radius 3 is 2.65 bits per heavy atom. The molecule has 4 aromatic rings. The highest BCUT2D eigenvalue weighted by atomic mass is 16.1. The van der Waals surface area contributed by atoms with Gasteiger partial charge in [-0.3, -0.25) is 9.78 Å². The minimum atomic E-state index is 0.0814. The second kappa shape index (κ2) is 10.1. The van der Waals surface area contributed by atoms with Crippen molar-refractivity contribution >= 4 is 16.8 Å². The number of carbonyl (C=O) groups excluding carboxylic acids is 1. The summed E-state index contributed by atoms with van der Waals surface area (Å²) in [5.74, 6) is 0.191. The van der Waals surface area contributed by atoms with Gasteiger partial charge >= 0.3 is 0 Å². The van der Waals surface area contributed by atoms with Gasteiger partial charge in [-0.1, -0.05) is 61.5 Å². The number of nitrogens with one attached hydrogen (secondary N) is 2. The topological polar surface area (TPSA) is 57.8 Å². The van der Waals surface area contributed by atoms with Gasteiger partial charge in [0.2, 0.25) is 5.91 Å². The van der Waals surface area contributed by atoms with Crippen LogP contribution in [0.15, 0.2) is 79.1 Å². The molecule has 4 heteroatoms. The molecule has 0 spiro atoms. The van der Waals surface area contributed by atoms with Gasteiger partial charge < -0.3 is 10.3 Å². The quantitative estimate of drug-likeness (QED) is 0.398. The average Bonchev–Trinajstić information content (AvgIpc) is 3.24. The summed E-state index contributed by atoms with van der Waals surface area (Å²) in [6.07, 6.45) is 6.89. The molecule has 2 N–H and O–H groups in total. The van der Waals surface area contributed by atoms with Crippen molar-refractivity contribution in [1.82, 2.24) is 15.3 Å². The van der Waals surface area contributed by atoms with Crippen molar-refractivity contribution < 1.29 is 4.79 Å². The van der Waals surface area contributed by atoms with Crippen molar-refractivity contribution in [2.45, 2.75) is 38.5 Å². The minimum absolute atomic E-state index is 0.0814. The lowest BCUT2D eigenvalue weighted by molar-refractivity contribution is -0.121. The molecule has 0 saturated carbocycles. The van der Waals surface area contributed by atoms with E-state index in [9.17, 15) is 4.79 Å². The summed E-state index contributed by atoms with van der Waals surface area (Å²) in [7, 11) is 0. The number of carbonyl (C=O) groups is 1. The van der Waals surface area contributed by atoms with Crippen LogP contribution in [-0.4, -0.2) is 22.4 Å². The second-order valence-electron chi connectivity index (χ2n) is 7.95. The molecule has 1 atom stereocenters. The zero-order valence-electron chi connectivity index (χ0n) is 18.0. The zero-order chi connectivity index (χ0) is 21.5. The van der Waals surface area contributed by atoms with Gasteiger partial charge in [0.05, 0.1) is 0 Å². The molecule has 0 fully saturated rings. The van der Waals surface area contributed by atoms with E-state index < -0.39 is 0 Å². The van der Waals surface area contributed by atoms with Crippen molar-refractivity contribution in [3.63, 3.8) is 0 Å². The molecule has 31 heavy (non-hydrogen) atoms. The average molecular weight is 412 g/mol. The summed E-state index contributed by atoms with van der Waals surface area (Å²) in [6, 6.07) is 22.7. The third-order valence-corrected chi connectivity index (χ3v) is 5.84. The predicted molar refractivity (Wildman–Crippen MR) is 126 cm³/mol. The summed E-state index contributed by atoms with van der Waals surface area (Å²) in [5, 5.41) is 4.31. The fourth-order valence-corrected chi connectivity index (χ4v) is 4.23. The summed E-state index contributed by atoms with van der Waals surface area (Å²) < 4.78 is 0. The second-order valence-corrected chi connectivity index (χ2v) is 7.95. The fourth-order valence-electron chi connectivity index (χ4n) is 4.23. The molecule has 1 unspecified atom stereocenters. The number of benzene rings is 2. The van der Waals surface area contributed by atoms with E-state index in [1.807, 2.05) is 24.3 Å². The predicted octanol–water partition coefficient (Wildman–Crippen LogP) is 5.20. The Labute approximate surface area is 183 Å². The first-order chi connectivity index (χ1) is 15.2. The summed E-state index contributed by atoms with van der Waals surface area (Å²) in [4.78, 5) is 20.6. The van der Waals surface area contributed by atoms with Gasteiger partial charge in [0, 0.05) is 48.4 Å². The van der Waals surface area contributed by atoms with Crippen molar-refractivity contribution in [2.75, 3.05) is 6.54 Å². The molecule has 158 valence electrons. The van der Waals surface area contributed by atoms with Crippen LogP contribution in [0.1, 0.15) is 41.6 Å². The normalized spacial score (nSPS) is 12.0. The number of rotatable bonds is 9. The van der Waals surface area contributed by atoms with E-state index in [1.165, 1.54) is 27.6 Å². The Hall–Kier alpha value is -3.40. The number of aromatic nitrogens is 2. The van der Waals surface area contributed by atoms with Crippen LogP contribution in [0.5, 0.6) is 0 Å². The lowest BCUT2D eigenvalue weighted by Gasteiger charge is -2.17. The van der Waals surface area contributed by atoms with Crippen LogP contribution >= 0.6 is 0 Å². The molecular weight excluding hydrogens is 382 g/mol. The zero-order valence-corrected chi connectivity index (χ0v) is 18.0. The fraction of sp³-hybridized carbons (Fsp3) is 0.259. The minimum Gasteiger partial charge on any atom is -0.361 e. The molecule has 4 rings (SSSR count). The molecular formula is C27H29N3O. The van der Waals surface area contributed by atoms with Crippen molar-refractivity contribution in [3.05, 3.63) is 102 Å². The molecule has 4 nitrogen and oxygen atoms in total. The number of hydrogen-bond acceptors (Lipinski definition) is 2. The number of para-hydroxylation sites is 1. The highest BCUT2D eigenvalue weighted by molar-refractivity contribution is 5.87. The monoisotopic (exact) mass is 411 g/mol. The van der Waals surface area contributed by atoms with Crippen LogP contribution in [-0.2, 0) is 24.1 Å². The van der Waals surface area contributed by atoms with Gasteiger partial charge in [0.15, 0.2) is 0 Å². The smallest absolute Gasteiger partial charge is 0.220 e. The molecule has 0 bridgehead atoms. The van der Waals surface area contributed by atoms with Crippen molar-refractivity contribution in [3.8, 4) is 0 Å². The van der Waals surface area contributed by atoms with Crippen LogP contribution in [0.2, 0.25) is 0 Å². The van der Waals surface area contributed by atoms with E-state index in [2.05, 4.69) is 70.9 Å². The van der Waals surface area contributed by atoms with Gasteiger partial charge in [-0.2, -0.15) is 0 Å². The first kappa shape index (κ1) is 20.9. The largest absolute Gasteiger partial charge is 0.361 e. The number of amides is 1. The molecule has 0 aliphatic carbocycles. The third-order valence-electron chi connectivity index (χ3n) is 5.84. The highest BCUT2D eigenvalue weighted by Crippen LogP contribution is 2.32. The molecule has 2 aromatic carbocycles. The lowest BCUT2D eigenvalue weighted by Crippen LogP contribution is -2.27. The van der Waals surface area contributed by atoms with E-state index in [0.717, 1.165) is 25.0 Å². The first-order valence-corrected chi connectivity index (χ1v) is 11.0. The van der Waals surface area contributed by atoms with Crippen LogP contribution in [0.25, 0.3) is 10.9 Å². The summed E-state index contributed by atoms with van der Waals surface area (Å²) in [5.41, 5.74) is 5.95. The Balaban J connectivity index is 1.51. The number of hydrogen-bond donors (Lipinski definition) is 2. The van der Waals surface area contributed by atoms with E-state index in [4.69, 9.17) is 0 Å². The van der Waals surface area contributed by atoms with Crippen LogP contribution in [0.3, 0.4) is 0 Å². The summed E-state index contributed by atoms with van der Waals surface area (Å²) in [6.45, 7) is 2.77. The molecule has 2 aromatic heterocycles. The van der Waals surface area contributed by atoms with E-state index in [-0.39, 0.29) is 11.8 Å². The van der Waals surface area contributed by atoms with Gasteiger partial charge in [0.1, 0.15) is 0 Å². The maximum Gasteiger partial charge on any atom is 0.220 e. The highest BCUT2D eigenvalue weighted by Gasteiger charge is 2.20. The van der Waals surface area contributed by atoms with Gasteiger partial charge in [-0.05, 0) is 47.6 Å². The van der Waals surface area contributed by atoms with E-state index in [1.54, 1.807) is 6.20 Å². The number of pyridine rings is 1. The third kappa shape index (κ3) is 5.21. The van der Waals surface area contributed by atoms with Crippen LogP contribution < -0.4 is 5.32 Å². The molecule has 0 aliphatic heterocycles. The Morgan fingerprint density at radius 2 is 1.87 bits per heavy atom. The van der Waals surface area contributed by atoms with Crippen LogP contribution in [0.4, 0.5) is 0 Å². The standard InChI is InChI=1S/C27H29N3O/c1-2-21-11-8-13-24-25(19-30-27(21)24)22(17-20-9-4-3-5-10-20)18-26(31)29-16-14-23-12-6-7-15-28-23/h3-13,15,19,22,30H,2,14,16-18H2,1H3,(H,29,31). The maximum absolute atomic E-state index is 12.8.